The Kier molecular flexibility index (Phi) is 4.61. The van der Waals surface area contributed by atoms with E-state index in [1.54, 1.807) is 30.3 Å². The number of esters is 1. The molecule has 1 N–H and O–H groups in total. The molecule has 6 nitrogen and oxygen atoms in total. The smallest absolute Gasteiger partial charge is 0.363 e. The Balaban J connectivity index is 1.78. The molecule has 0 aromatic heterocycles. The number of aryl methyl sites for hydroxylation is 1. The molecule has 0 fully saturated rings. The molecular weight excluding hydrogens is 322 g/mol. The predicted molar refractivity (Wildman–Crippen MR) is 91.4 cm³/mol. The lowest BCUT2D eigenvalue weighted by molar-refractivity contribution is -0.139. The molecule has 0 spiro atoms. The minimum absolute atomic E-state index is 0.204. The average Bonchev–Trinajstić information content (AvgIpc) is 2.95. The number of benzene rings is 2. The zero-order chi connectivity index (χ0) is 17.8. The first-order chi connectivity index (χ1) is 12.0. The highest BCUT2D eigenvalue weighted by molar-refractivity contribution is 6.12. The quantitative estimate of drug-likeness (QED) is 0.670. The first-order valence-electron chi connectivity index (χ1n) is 7.55. The minimum atomic E-state index is -1.04. The molecule has 3 rings (SSSR count). The van der Waals surface area contributed by atoms with Gasteiger partial charge in [0.15, 0.2) is 12.3 Å². The first-order valence-corrected chi connectivity index (χ1v) is 7.55. The van der Waals surface area contributed by atoms with Crippen molar-refractivity contribution in [1.82, 2.24) is 0 Å². The van der Waals surface area contributed by atoms with Crippen molar-refractivity contribution in [2.24, 2.45) is 4.99 Å². The average molecular weight is 337 g/mol. The highest BCUT2D eigenvalue weighted by Crippen LogP contribution is 2.21. The molecule has 6 heteroatoms. The molecule has 0 saturated carbocycles. The van der Waals surface area contributed by atoms with E-state index in [1.807, 2.05) is 31.2 Å². The molecule has 1 heterocycles. The van der Waals surface area contributed by atoms with Gasteiger partial charge in [-0.05, 0) is 42.8 Å². The number of hydrogen-bond acceptors (Lipinski definition) is 5. The fraction of sp³-hybridized carbons (Fsp3) is 0.105. The lowest BCUT2D eigenvalue weighted by Gasteiger charge is -2.02. The molecule has 2 aromatic carbocycles. The Morgan fingerprint density at radius 2 is 2.00 bits per heavy atom. The monoisotopic (exact) mass is 337 g/mol. The van der Waals surface area contributed by atoms with Crippen LogP contribution in [-0.4, -0.2) is 29.5 Å². The highest BCUT2D eigenvalue weighted by Gasteiger charge is 2.24. The van der Waals surface area contributed by atoms with Crippen LogP contribution < -0.4 is 4.74 Å². The largest absolute Gasteiger partial charge is 0.482 e. The van der Waals surface area contributed by atoms with E-state index >= 15 is 0 Å². The number of carbonyl (C=O) groups is 2. The molecule has 0 aliphatic carbocycles. The maximum absolute atomic E-state index is 12.0. The Morgan fingerprint density at radius 3 is 2.68 bits per heavy atom. The van der Waals surface area contributed by atoms with Crippen LogP contribution in [0.1, 0.15) is 16.7 Å². The van der Waals surface area contributed by atoms with Gasteiger partial charge in [-0.25, -0.2) is 14.6 Å². The normalized spacial score (nSPS) is 15.0. The maximum Gasteiger partial charge on any atom is 0.363 e. The van der Waals surface area contributed by atoms with Gasteiger partial charge < -0.3 is 14.6 Å². The summed E-state index contributed by atoms with van der Waals surface area (Å²) in [6, 6.07) is 14.2. The van der Waals surface area contributed by atoms with E-state index in [-0.39, 0.29) is 11.6 Å². The Labute approximate surface area is 144 Å². The molecule has 0 bridgehead atoms. The zero-order valence-electron chi connectivity index (χ0n) is 13.4. The number of cyclic esters (lactones) is 1. The third kappa shape index (κ3) is 4.11. The summed E-state index contributed by atoms with van der Waals surface area (Å²) in [5.41, 5.74) is 2.72. The van der Waals surface area contributed by atoms with Crippen molar-refractivity contribution in [3.63, 3.8) is 0 Å². The van der Waals surface area contributed by atoms with Crippen LogP contribution in [0.15, 0.2) is 59.2 Å². The van der Waals surface area contributed by atoms with Crippen LogP contribution in [0.25, 0.3) is 6.08 Å². The number of aliphatic imine (C=N–C) groups is 1. The summed E-state index contributed by atoms with van der Waals surface area (Å²) in [5, 5.41) is 8.58. The zero-order valence-corrected chi connectivity index (χ0v) is 13.4. The number of nitrogens with zero attached hydrogens (tertiary/aromatic N) is 1. The molecule has 0 amide bonds. The summed E-state index contributed by atoms with van der Waals surface area (Å²) < 4.78 is 10.3. The molecule has 25 heavy (non-hydrogen) atoms. The second kappa shape index (κ2) is 7.00. The van der Waals surface area contributed by atoms with Crippen molar-refractivity contribution in [2.45, 2.75) is 6.92 Å². The molecular formula is C19H15NO5. The van der Waals surface area contributed by atoms with E-state index in [0.717, 1.165) is 16.7 Å². The van der Waals surface area contributed by atoms with Crippen molar-refractivity contribution >= 4 is 23.9 Å². The van der Waals surface area contributed by atoms with Crippen LogP contribution in [0.4, 0.5) is 0 Å². The summed E-state index contributed by atoms with van der Waals surface area (Å²) in [7, 11) is 0. The third-order valence-corrected chi connectivity index (χ3v) is 3.43. The number of carboxylic acid groups (broad SMARTS) is 1. The number of rotatable bonds is 5. The molecule has 2 aromatic rings. The molecule has 1 aliphatic heterocycles. The third-order valence-electron chi connectivity index (χ3n) is 3.43. The number of carboxylic acids is 1. The van der Waals surface area contributed by atoms with E-state index in [1.165, 1.54) is 0 Å². The van der Waals surface area contributed by atoms with Gasteiger partial charge in [0.05, 0.1) is 0 Å². The molecule has 0 radical (unpaired) electrons. The van der Waals surface area contributed by atoms with Crippen LogP contribution in [0.5, 0.6) is 5.75 Å². The molecule has 1 aliphatic rings. The maximum atomic E-state index is 12.0. The van der Waals surface area contributed by atoms with E-state index in [0.29, 0.717) is 5.75 Å². The van der Waals surface area contributed by atoms with Crippen LogP contribution in [0.2, 0.25) is 0 Å². The highest BCUT2D eigenvalue weighted by atomic mass is 16.6. The van der Waals surface area contributed by atoms with Crippen LogP contribution in [0.3, 0.4) is 0 Å². The topological polar surface area (TPSA) is 85.2 Å². The Morgan fingerprint density at radius 1 is 1.24 bits per heavy atom. The first kappa shape index (κ1) is 16.4. The predicted octanol–water partition coefficient (Wildman–Crippen LogP) is 2.80. The van der Waals surface area contributed by atoms with Gasteiger partial charge in [0.25, 0.3) is 0 Å². The lowest BCUT2D eigenvalue weighted by Crippen LogP contribution is -2.09. The van der Waals surface area contributed by atoms with Crippen molar-refractivity contribution in [2.75, 3.05) is 6.61 Å². The number of ether oxygens (including phenoxy) is 2. The fourth-order valence-corrected chi connectivity index (χ4v) is 2.27. The van der Waals surface area contributed by atoms with E-state index in [4.69, 9.17) is 14.6 Å². The van der Waals surface area contributed by atoms with E-state index < -0.39 is 18.5 Å². The standard InChI is InChI=1S/C19H15NO5/c1-12-3-2-4-14(9-12)18-20-16(19(23)25-18)10-13-5-7-15(8-6-13)24-11-17(21)22/h2-10H,11H2,1H3,(H,21,22). The number of carbonyl (C=O) groups excluding carboxylic acids is 1. The van der Waals surface area contributed by atoms with E-state index in [9.17, 15) is 9.59 Å². The minimum Gasteiger partial charge on any atom is -0.482 e. The number of aliphatic carboxylic acids is 1. The summed E-state index contributed by atoms with van der Waals surface area (Å²) in [6.07, 6.45) is 1.60. The van der Waals surface area contributed by atoms with Crippen molar-refractivity contribution in [3.05, 3.63) is 70.9 Å². The lowest BCUT2D eigenvalue weighted by atomic mass is 10.1. The SMILES string of the molecule is Cc1cccc(C2=NC(=Cc3ccc(OCC(=O)O)cc3)C(=O)O2)c1. The Bertz CT molecular complexity index is 881. The van der Waals surface area contributed by atoms with Crippen molar-refractivity contribution in [3.8, 4) is 5.75 Å². The van der Waals surface area contributed by atoms with Gasteiger partial charge in [-0.15, -0.1) is 0 Å². The van der Waals surface area contributed by atoms with Gasteiger partial charge in [0, 0.05) is 5.56 Å². The summed E-state index contributed by atoms with van der Waals surface area (Å²) in [4.78, 5) is 26.7. The Hall–Kier alpha value is -3.41. The van der Waals surface area contributed by atoms with Crippen molar-refractivity contribution < 1.29 is 24.2 Å². The van der Waals surface area contributed by atoms with Gasteiger partial charge in [0.2, 0.25) is 5.90 Å². The summed E-state index contributed by atoms with van der Waals surface area (Å²) in [5.74, 6) is -0.843. The summed E-state index contributed by atoms with van der Waals surface area (Å²) in [6.45, 7) is 1.54. The van der Waals surface area contributed by atoms with Gasteiger partial charge in [-0.2, -0.15) is 0 Å². The molecule has 0 saturated heterocycles. The van der Waals surface area contributed by atoms with Gasteiger partial charge in [-0.1, -0.05) is 29.8 Å². The van der Waals surface area contributed by atoms with Gasteiger partial charge >= 0.3 is 11.9 Å². The van der Waals surface area contributed by atoms with Crippen LogP contribution in [-0.2, 0) is 14.3 Å². The molecule has 0 unspecified atom stereocenters. The van der Waals surface area contributed by atoms with Crippen molar-refractivity contribution in [1.29, 1.82) is 0 Å². The van der Waals surface area contributed by atoms with Gasteiger partial charge in [-0.3, -0.25) is 0 Å². The second-order valence-corrected chi connectivity index (χ2v) is 5.46. The summed E-state index contributed by atoms with van der Waals surface area (Å²) >= 11 is 0. The fourth-order valence-electron chi connectivity index (χ4n) is 2.27. The van der Waals surface area contributed by atoms with Crippen LogP contribution >= 0.6 is 0 Å². The van der Waals surface area contributed by atoms with E-state index in [2.05, 4.69) is 4.99 Å². The van der Waals surface area contributed by atoms with Gasteiger partial charge in [0.1, 0.15) is 5.75 Å². The van der Waals surface area contributed by atoms with Crippen LogP contribution in [0, 0.1) is 6.92 Å². The second-order valence-electron chi connectivity index (χ2n) is 5.46. The molecule has 0 atom stereocenters. The number of hydrogen-bond donors (Lipinski definition) is 1. The molecule has 126 valence electrons.